The van der Waals surface area contributed by atoms with Gasteiger partial charge in [-0.3, -0.25) is 0 Å². The first-order valence-corrected chi connectivity index (χ1v) is 7.83. The van der Waals surface area contributed by atoms with Gasteiger partial charge in [0.05, 0.1) is 0 Å². The predicted molar refractivity (Wildman–Crippen MR) is 89.8 cm³/mol. The minimum atomic E-state index is -0.891. The number of nitrogens with one attached hydrogen (secondary N) is 1. The lowest BCUT2D eigenvalue weighted by Gasteiger charge is -2.11. The average Bonchev–Trinajstić information content (AvgIpc) is 3.16. The molecule has 3 heteroatoms. The second kappa shape index (κ2) is 5.43. The van der Waals surface area contributed by atoms with Crippen LogP contribution in [-0.4, -0.2) is 16.1 Å². The van der Waals surface area contributed by atoms with E-state index in [0.29, 0.717) is 11.6 Å². The monoisotopic (exact) mass is 303 g/mol. The minimum absolute atomic E-state index is 0.291. The van der Waals surface area contributed by atoms with E-state index in [1.54, 1.807) is 6.07 Å². The normalized spacial score (nSPS) is 16.3. The molecular formula is C20H17NO2. The van der Waals surface area contributed by atoms with Gasteiger partial charge in [0, 0.05) is 11.6 Å². The van der Waals surface area contributed by atoms with E-state index >= 15 is 0 Å². The molecule has 114 valence electrons. The van der Waals surface area contributed by atoms with Crippen molar-refractivity contribution in [1.29, 1.82) is 0 Å². The Morgan fingerprint density at radius 1 is 1.00 bits per heavy atom. The number of aromatic carboxylic acids is 1. The molecule has 2 aromatic carbocycles. The number of fused-ring (bicyclic) bond motifs is 1. The molecule has 0 aliphatic heterocycles. The average molecular weight is 303 g/mol. The molecule has 4 rings (SSSR count). The number of rotatable bonds is 3. The topological polar surface area (TPSA) is 53.1 Å². The molecule has 1 atom stereocenters. The zero-order valence-electron chi connectivity index (χ0n) is 12.6. The third-order valence-corrected chi connectivity index (χ3v) is 4.64. The van der Waals surface area contributed by atoms with Crippen LogP contribution in [0.5, 0.6) is 0 Å². The molecule has 3 aromatic rings. The third kappa shape index (κ3) is 2.44. The van der Waals surface area contributed by atoms with E-state index in [9.17, 15) is 4.79 Å². The summed E-state index contributed by atoms with van der Waals surface area (Å²) in [5, 5.41) is 9.13. The van der Waals surface area contributed by atoms with Gasteiger partial charge in [0.15, 0.2) is 0 Å². The van der Waals surface area contributed by atoms with Crippen LogP contribution < -0.4 is 0 Å². The Balaban J connectivity index is 1.64. The molecule has 2 N–H and O–H groups in total. The SMILES string of the molecule is O=C(O)c1cc2c([nH]1)CCC2c1ccc(-c2ccccc2)cc1. The molecule has 1 unspecified atom stereocenters. The van der Waals surface area contributed by atoms with Crippen molar-refractivity contribution in [3.05, 3.63) is 83.2 Å². The Bertz CT molecular complexity index is 847. The van der Waals surface area contributed by atoms with Crippen molar-refractivity contribution in [3.8, 4) is 11.1 Å². The highest BCUT2D eigenvalue weighted by Gasteiger charge is 2.27. The zero-order valence-corrected chi connectivity index (χ0v) is 12.6. The zero-order chi connectivity index (χ0) is 15.8. The van der Waals surface area contributed by atoms with Crippen molar-refractivity contribution >= 4 is 5.97 Å². The fourth-order valence-corrected chi connectivity index (χ4v) is 3.48. The van der Waals surface area contributed by atoms with Gasteiger partial charge in [-0.15, -0.1) is 0 Å². The van der Waals surface area contributed by atoms with E-state index in [4.69, 9.17) is 5.11 Å². The van der Waals surface area contributed by atoms with E-state index in [1.165, 1.54) is 16.7 Å². The molecule has 0 radical (unpaired) electrons. The van der Waals surface area contributed by atoms with Crippen LogP contribution in [0.4, 0.5) is 0 Å². The molecule has 0 amide bonds. The Morgan fingerprint density at radius 2 is 1.70 bits per heavy atom. The number of hydrogen-bond donors (Lipinski definition) is 2. The maximum absolute atomic E-state index is 11.1. The second-order valence-electron chi connectivity index (χ2n) is 6.00. The van der Waals surface area contributed by atoms with E-state index in [1.807, 2.05) is 18.2 Å². The predicted octanol–water partition coefficient (Wildman–Crippen LogP) is 4.46. The number of hydrogen-bond acceptors (Lipinski definition) is 1. The van der Waals surface area contributed by atoms with Crippen molar-refractivity contribution in [2.24, 2.45) is 0 Å². The highest BCUT2D eigenvalue weighted by atomic mass is 16.4. The number of aromatic nitrogens is 1. The van der Waals surface area contributed by atoms with Crippen LogP contribution in [0, 0.1) is 0 Å². The first kappa shape index (κ1) is 13.8. The fraction of sp³-hybridized carbons (Fsp3) is 0.150. The number of carbonyl (C=O) groups is 1. The van der Waals surface area contributed by atoms with E-state index in [0.717, 1.165) is 24.1 Å². The van der Waals surface area contributed by atoms with Crippen molar-refractivity contribution < 1.29 is 9.90 Å². The Labute approximate surface area is 134 Å². The maximum atomic E-state index is 11.1. The smallest absolute Gasteiger partial charge is 0.352 e. The summed E-state index contributed by atoms with van der Waals surface area (Å²) in [5.41, 5.74) is 6.16. The van der Waals surface area contributed by atoms with Gasteiger partial charge in [0.25, 0.3) is 0 Å². The van der Waals surface area contributed by atoms with Crippen molar-refractivity contribution in [2.75, 3.05) is 0 Å². The third-order valence-electron chi connectivity index (χ3n) is 4.64. The van der Waals surface area contributed by atoms with Crippen molar-refractivity contribution in [2.45, 2.75) is 18.8 Å². The molecule has 0 fully saturated rings. The molecular weight excluding hydrogens is 286 g/mol. The summed E-state index contributed by atoms with van der Waals surface area (Å²) < 4.78 is 0. The Hall–Kier alpha value is -2.81. The molecule has 0 saturated carbocycles. The number of H-pyrrole nitrogens is 1. The summed E-state index contributed by atoms with van der Waals surface area (Å²) >= 11 is 0. The van der Waals surface area contributed by atoms with Crippen LogP contribution in [-0.2, 0) is 6.42 Å². The van der Waals surface area contributed by atoms with Crippen molar-refractivity contribution in [1.82, 2.24) is 4.98 Å². The van der Waals surface area contributed by atoms with Gasteiger partial charge < -0.3 is 10.1 Å². The number of benzene rings is 2. The van der Waals surface area contributed by atoms with Gasteiger partial charge >= 0.3 is 5.97 Å². The molecule has 1 heterocycles. The maximum Gasteiger partial charge on any atom is 0.352 e. The highest BCUT2D eigenvalue weighted by molar-refractivity contribution is 5.86. The first-order valence-electron chi connectivity index (χ1n) is 7.83. The van der Waals surface area contributed by atoms with Gasteiger partial charge in [0.2, 0.25) is 0 Å². The van der Waals surface area contributed by atoms with Gasteiger partial charge in [-0.05, 0) is 41.2 Å². The lowest BCUT2D eigenvalue weighted by molar-refractivity contribution is 0.0691. The summed E-state index contributed by atoms with van der Waals surface area (Å²) in [6, 6.07) is 20.7. The summed E-state index contributed by atoms with van der Waals surface area (Å²) in [6.45, 7) is 0. The molecule has 1 aliphatic rings. The number of aryl methyl sites for hydroxylation is 1. The van der Waals surface area contributed by atoms with Crippen LogP contribution >= 0.6 is 0 Å². The van der Waals surface area contributed by atoms with E-state index in [2.05, 4.69) is 41.4 Å². The molecule has 3 nitrogen and oxygen atoms in total. The first-order chi connectivity index (χ1) is 11.2. The standard InChI is InChI=1S/C20H17NO2/c22-20(23)19-12-17-16(10-11-18(17)21-19)15-8-6-14(7-9-15)13-4-2-1-3-5-13/h1-9,12,16,21H,10-11H2,(H,22,23). The summed E-state index contributed by atoms with van der Waals surface area (Å²) in [5.74, 6) is -0.600. The molecule has 23 heavy (non-hydrogen) atoms. The summed E-state index contributed by atoms with van der Waals surface area (Å²) in [7, 11) is 0. The van der Waals surface area contributed by atoms with Crippen molar-refractivity contribution in [3.63, 3.8) is 0 Å². The molecule has 0 saturated heterocycles. The van der Waals surface area contributed by atoms with Gasteiger partial charge in [-0.2, -0.15) is 0 Å². The molecule has 0 spiro atoms. The van der Waals surface area contributed by atoms with Gasteiger partial charge in [0.1, 0.15) is 5.69 Å². The van der Waals surface area contributed by atoms with Crippen LogP contribution in [0.1, 0.15) is 39.6 Å². The second-order valence-corrected chi connectivity index (χ2v) is 6.00. The molecule has 0 bridgehead atoms. The lowest BCUT2D eigenvalue weighted by Crippen LogP contribution is -1.98. The van der Waals surface area contributed by atoms with E-state index in [-0.39, 0.29) is 0 Å². The van der Waals surface area contributed by atoms with Crippen LogP contribution in [0.2, 0.25) is 0 Å². The Morgan fingerprint density at radius 3 is 2.39 bits per heavy atom. The van der Waals surface area contributed by atoms with Gasteiger partial charge in [-0.25, -0.2) is 4.79 Å². The quantitative estimate of drug-likeness (QED) is 0.750. The summed E-state index contributed by atoms with van der Waals surface area (Å²) in [6.07, 6.45) is 1.94. The summed E-state index contributed by atoms with van der Waals surface area (Å²) in [4.78, 5) is 14.2. The van der Waals surface area contributed by atoms with Crippen LogP contribution in [0.3, 0.4) is 0 Å². The highest BCUT2D eigenvalue weighted by Crippen LogP contribution is 2.39. The fourth-order valence-electron chi connectivity index (χ4n) is 3.48. The molecule has 1 aromatic heterocycles. The number of carboxylic acid groups (broad SMARTS) is 1. The molecule has 1 aliphatic carbocycles. The minimum Gasteiger partial charge on any atom is -0.477 e. The lowest BCUT2D eigenvalue weighted by atomic mass is 9.92. The Kier molecular flexibility index (Phi) is 3.27. The van der Waals surface area contributed by atoms with Crippen LogP contribution in [0.25, 0.3) is 11.1 Å². The number of aromatic amines is 1. The van der Waals surface area contributed by atoms with Gasteiger partial charge in [-0.1, -0.05) is 54.6 Å². The van der Waals surface area contributed by atoms with E-state index < -0.39 is 5.97 Å². The van der Waals surface area contributed by atoms with Crippen LogP contribution in [0.15, 0.2) is 60.7 Å². The number of carboxylic acids is 1. The largest absolute Gasteiger partial charge is 0.477 e.